The molecule has 3 rings (SSSR count). The lowest BCUT2D eigenvalue weighted by atomic mass is 9.78. The van der Waals surface area contributed by atoms with E-state index < -0.39 is 16.1 Å². The lowest BCUT2D eigenvalue weighted by molar-refractivity contribution is 0.381. The van der Waals surface area contributed by atoms with Crippen molar-refractivity contribution in [3.05, 3.63) is 85.4 Å². The number of hydrogen-bond donors (Lipinski definition) is 0. The summed E-state index contributed by atoms with van der Waals surface area (Å²) < 4.78 is 18.2. The Hall–Kier alpha value is -3.35. The lowest BCUT2D eigenvalue weighted by Crippen LogP contribution is -2.20. The summed E-state index contributed by atoms with van der Waals surface area (Å²) in [4.78, 5) is 0. The quantitative estimate of drug-likeness (QED) is 0.193. The molecular weight excluding hydrogens is 869 g/mol. The van der Waals surface area contributed by atoms with Gasteiger partial charge in [-0.05, 0) is 68.9 Å². The van der Waals surface area contributed by atoms with Crippen LogP contribution in [-0.4, -0.2) is 37.5 Å². The summed E-state index contributed by atoms with van der Waals surface area (Å²) in [6, 6.07) is 12.9. The van der Waals surface area contributed by atoms with Crippen molar-refractivity contribution in [1.29, 1.82) is 0 Å². The highest BCUT2D eigenvalue weighted by molar-refractivity contribution is 9.10. The zero-order valence-corrected chi connectivity index (χ0v) is 48.8. The zero-order chi connectivity index (χ0) is 50.1. The molecule has 350 valence electrons. The van der Waals surface area contributed by atoms with E-state index in [0.29, 0.717) is 0 Å². The SMILES string of the molecule is C#C[Si](C)(C)C.C#Cc1cc(C(C)(C)C)c(OC)c(C(C)(C)C)c1.COc1c(C(C)(C)C)cc(Br)cc1C(C)(C)C.COc1c(C(C)(C)C)cc(C#C[Si](C)(C)C)cc1C(C)(C)C. The molecule has 63 heavy (non-hydrogen) atoms. The van der Waals surface area contributed by atoms with Crippen LogP contribution < -0.4 is 14.2 Å². The number of ether oxygens (including phenoxy) is 3. The third kappa shape index (κ3) is 19.7. The van der Waals surface area contributed by atoms with Crippen molar-refractivity contribution in [2.75, 3.05) is 21.3 Å². The first-order chi connectivity index (χ1) is 28.0. The Morgan fingerprint density at radius 1 is 0.413 bits per heavy atom. The monoisotopic (exact) mass is 957 g/mol. The molecule has 0 aromatic heterocycles. The lowest BCUT2D eigenvalue weighted by Gasteiger charge is -2.29. The van der Waals surface area contributed by atoms with E-state index in [-0.39, 0.29) is 32.5 Å². The summed E-state index contributed by atoms with van der Waals surface area (Å²) in [5.41, 5.74) is 15.8. The van der Waals surface area contributed by atoms with Crippen LogP contribution in [0.3, 0.4) is 0 Å². The predicted molar refractivity (Wildman–Crippen MR) is 289 cm³/mol. The van der Waals surface area contributed by atoms with Crippen LogP contribution in [0.4, 0.5) is 0 Å². The van der Waals surface area contributed by atoms with Gasteiger partial charge in [0.25, 0.3) is 0 Å². The van der Waals surface area contributed by atoms with Crippen LogP contribution in [0.25, 0.3) is 0 Å². The van der Waals surface area contributed by atoms with Gasteiger partial charge in [0.05, 0.1) is 21.3 Å². The van der Waals surface area contributed by atoms with Crippen molar-refractivity contribution in [3.63, 3.8) is 0 Å². The molecule has 0 spiro atoms. The number of methoxy groups -OCH3 is 3. The van der Waals surface area contributed by atoms with Gasteiger partial charge in [0, 0.05) is 49.0 Å². The van der Waals surface area contributed by atoms with E-state index in [0.717, 1.165) is 32.8 Å². The summed E-state index contributed by atoms with van der Waals surface area (Å²) in [5.74, 6) is 9.17. The zero-order valence-electron chi connectivity index (χ0n) is 45.2. The fourth-order valence-corrected chi connectivity index (χ4v) is 7.25. The minimum atomic E-state index is -1.38. The molecule has 0 saturated heterocycles. The molecule has 3 aromatic carbocycles. The summed E-state index contributed by atoms with van der Waals surface area (Å²) in [7, 11) is 2.78. The van der Waals surface area contributed by atoms with E-state index >= 15 is 0 Å². The molecule has 0 unspecified atom stereocenters. The maximum atomic E-state index is 5.79. The van der Waals surface area contributed by atoms with Crippen molar-refractivity contribution in [3.8, 4) is 53.0 Å². The van der Waals surface area contributed by atoms with Crippen molar-refractivity contribution < 1.29 is 14.2 Å². The topological polar surface area (TPSA) is 27.7 Å². The minimum Gasteiger partial charge on any atom is -0.496 e. The molecule has 0 saturated carbocycles. The van der Waals surface area contributed by atoms with Gasteiger partial charge in [-0.2, -0.15) is 0 Å². The van der Waals surface area contributed by atoms with E-state index in [9.17, 15) is 0 Å². The maximum Gasteiger partial charge on any atom is 0.129 e. The van der Waals surface area contributed by atoms with Gasteiger partial charge in [-0.1, -0.05) is 192 Å². The smallest absolute Gasteiger partial charge is 0.129 e. The van der Waals surface area contributed by atoms with Gasteiger partial charge in [-0.25, -0.2) is 0 Å². The Balaban J connectivity index is 0.000000864. The average molecular weight is 958 g/mol. The van der Waals surface area contributed by atoms with Crippen molar-refractivity contribution in [1.82, 2.24) is 0 Å². The molecule has 0 atom stereocenters. The Labute approximate surface area is 400 Å². The van der Waals surface area contributed by atoms with E-state index in [1.54, 1.807) is 21.3 Å². The van der Waals surface area contributed by atoms with Crippen LogP contribution in [0.2, 0.25) is 39.3 Å². The predicted octanol–water partition coefficient (Wildman–Crippen LogP) is 16.3. The molecule has 0 bridgehead atoms. The minimum absolute atomic E-state index is 0.0121. The highest BCUT2D eigenvalue weighted by atomic mass is 79.9. The van der Waals surface area contributed by atoms with Gasteiger partial charge in [0.1, 0.15) is 33.4 Å². The molecule has 3 aromatic rings. The number of terminal acetylenes is 2. The second-order valence-corrected chi connectivity index (χ2v) is 35.2. The van der Waals surface area contributed by atoms with Crippen molar-refractivity contribution in [2.45, 2.75) is 196 Å². The Bertz CT molecular complexity index is 2020. The molecule has 6 heteroatoms. The third-order valence-corrected chi connectivity index (χ3v) is 12.1. The maximum absolute atomic E-state index is 5.79. The van der Waals surface area contributed by atoms with Crippen LogP contribution in [0, 0.1) is 35.8 Å². The van der Waals surface area contributed by atoms with Crippen LogP contribution >= 0.6 is 15.9 Å². The Morgan fingerprint density at radius 3 is 0.810 bits per heavy atom. The molecule has 3 nitrogen and oxygen atoms in total. The summed E-state index contributed by atoms with van der Waals surface area (Å²) in [6.45, 7) is 53.0. The molecule has 0 aliphatic rings. The largest absolute Gasteiger partial charge is 0.496 e. The first kappa shape index (κ1) is 59.7. The van der Waals surface area contributed by atoms with Crippen molar-refractivity contribution >= 4 is 32.1 Å². The van der Waals surface area contributed by atoms with E-state index in [4.69, 9.17) is 27.1 Å². The highest BCUT2D eigenvalue weighted by Crippen LogP contribution is 2.43. The standard InChI is InChI=1S/C20H32OSi.C17H24O.C15H23BrO.C5H10Si/c1-19(2,3)16-13-15(11-12-22(8,9)10)14-17(18(16)21-7)20(4,5)6;1-9-12-10-13(16(2,3)4)15(18-8)14(11-12)17(5,6)7;1-14(2,3)11-8-10(16)9-12(13(11)17-7)15(4,5)6;1-5-6(2,3)4/h13-14H,1-10H3;1,10-11H,2-8H3;8-9H,1-7H3;1H,2-4H3. The molecule has 0 amide bonds. The molecule has 0 aliphatic heterocycles. The second-order valence-electron chi connectivity index (χ2n) is 24.8. The van der Waals surface area contributed by atoms with E-state index in [1.165, 1.54) is 33.4 Å². The summed E-state index contributed by atoms with van der Waals surface area (Å²) >= 11 is 3.61. The highest BCUT2D eigenvalue weighted by Gasteiger charge is 2.30. The molecule has 0 N–H and O–H groups in total. The first-order valence-corrected chi connectivity index (χ1v) is 30.1. The first-order valence-electron chi connectivity index (χ1n) is 22.3. The van der Waals surface area contributed by atoms with Crippen LogP contribution in [0.5, 0.6) is 17.2 Å². The Morgan fingerprint density at radius 2 is 0.635 bits per heavy atom. The van der Waals surface area contributed by atoms with Crippen LogP contribution in [-0.2, 0) is 32.5 Å². The second kappa shape index (κ2) is 22.2. The fourth-order valence-electron chi connectivity index (χ4n) is 6.27. The van der Waals surface area contributed by atoms with Gasteiger partial charge in [-0.3, -0.25) is 0 Å². The van der Waals surface area contributed by atoms with E-state index in [2.05, 4.69) is 239 Å². The molecule has 0 aliphatic carbocycles. The Kier molecular flexibility index (Phi) is 21.0. The molecule has 0 fully saturated rings. The average Bonchev–Trinajstić information content (AvgIpc) is 3.10. The number of rotatable bonds is 3. The molecular formula is C57H89BrO3Si2. The van der Waals surface area contributed by atoms with Crippen LogP contribution in [0.1, 0.15) is 169 Å². The van der Waals surface area contributed by atoms with Crippen LogP contribution in [0.15, 0.2) is 40.9 Å². The summed E-state index contributed by atoms with van der Waals surface area (Å²) in [6.07, 6.45) is 10.7. The fraction of sp³-hybridized carbons (Fsp3) is 0.579. The molecule has 0 heterocycles. The van der Waals surface area contributed by atoms with Gasteiger partial charge in [0.2, 0.25) is 0 Å². The number of halogens is 1. The number of hydrogen-bond acceptors (Lipinski definition) is 3. The summed E-state index contributed by atoms with van der Waals surface area (Å²) in [5, 5.41) is 0. The number of benzene rings is 3. The normalized spacial score (nSPS) is 12.3. The van der Waals surface area contributed by atoms with E-state index in [1.807, 2.05) is 0 Å². The molecule has 0 radical (unpaired) electrons. The van der Waals surface area contributed by atoms with Crippen molar-refractivity contribution in [2.24, 2.45) is 0 Å². The van der Waals surface area contributed by atoms with Gasteiger partial charge in [-0.15, -0.1) is 23.9 Å². The van der Waals surface area contributed by atoms with Gasteiger partial charge in [0.15, 0.2) is 0 Å². The van der Waals surface area contributed by atoms with Gasteiger partial charge >= 0.3 is 0 Å². The third-order valence-electron chi connectivity index (χ3n) is 9.87. The van der Waals surface area contributed by atoms with Gasteiger partial charge < -0.3 is 14.2 Å².